The predicted octanol–water partition coefficient (Wildman–Crippen LogP) is 4.04. The molecule has 0 saturated carbocycles. The second-order valence-corrected chi connectivity index (χ2v) is 9.19. The van der Waals surface area contributed by atoms with Crippen LogP contribution in [-0.2, 0) is 20.9 Å². The van der Waals surface area contributed by atoms with Crippen LogP contribution in [0.5, 0.6) is 5.75 Å². The van der Waals surface area contributed by atoms with Crippen LogP contribution in [0.1, 0.15) is 31.2 Å². The molecule has 38 heavy (non-hydrogen) atoms. The number of carboxylic acid groups (broad SMARTS) is 2. The molecule has 0 amide bonds. The Labute approximate surface area is 216 Å². The van der Waals surface area contributed by atoms with Crippen molar-refractivity contribution in [2.24, 2.45) is 5.92 Å². The first kappa shape index (κ1) is 31.6. The number of benzene rings is 1. The van der Waals surface area contributed by atoms with Crippen molar-refractivity contribution in [3.8, 4) is 5.75 Å². The van der Waals surface area contributed by atoms with Crippen LogP contribution in [0.2, 0.25) is 0 Å². The second kappa shape index (κ2) is 14.0. The summed E-state index contributed by atoms with van der Waals surface area (Å²) >= 11 is 0. The lowest BCUT2D eigenvalue weighted by Gasteiger charge is -2.30. The van der Waals surface area contributed by atoms with Crippen LogP contribution < -0.4 is 4.74 Å². The normalized spacial score (nSPS) is 22.5. The molecule has 4 rings (SSSR count). The van der Waals surface area contributed by atoms with Gasteiger partial charge in [0, 0.05) is 51.5 Å². The molecule has 1 aromatic carbocycles. The van der Waals surface area contributed by atoms with Crippen LogP contribution in [0.15, 0.2) is 24.3 Å². The number of carboxylic acids is 2. The Kier molecular flexibility index (Phi) is 11.6. The SMILES string of the molecule is COc1ccc(CN2CC[C@H]3[C@H]2CCN3CC2CCOCC2)cc1.O=C(O)C(F)(F)F.O=C(O)C(F)(F)F. The summed E-state index contributed by atoms with van der Waals surface area (Å²) in [4.78, 5) is 23.3. The largest absolute Gasteiger partial charge is 0.497 e. The van der Waals surface area contributed by atoms with Gasteiger partial charge in [0.2, 0.25) is 0 Å². The molecule has 0 aliphatic carbocycles. The topological polar surface area (TPSA) is 99.5 Å². The molecule has 0 radical (unpaired) electrons. The van der Waals surface area contributed by atoms with Crippen LogP contribution in [-0.4, -0.2) is 96.3 Å². The molecular formula is C24H32F6N2O6. The molecule has 0 bridgehead atoms. The van der Waals surface area contributed by atoms with Gasteiger partial charge in [-0.2, -0.15) is 26.3 Å². The van der Waals surface area contributed by atoms with E-state index in [1.165, 1.54) is 50.9 Å². The lowest BCUT2D eigenvalue weighted by atomic mass is 9.99. The van der Waals surface area contributed by atoms with Crippen LogP contribution >= 0.6 is 0 Å². The molecular weight excluding hydrogens is 526 g/mol. The molecule has 1 aromatic rings. The monoisotopic (exact) mass is 558 g/mol. The number of halogens is 6. The van der Waals surface area contributed by atoms with E-state index in [-0.39, 0.29) is 0 Å². The van der Waals surface area contributed by atoms with Crippen molar-refractivity contribution < 1.29 is 55.6 Å². The molecule has 0 spiro atoms. The number of fused-ring (bicyclic) bond motifs is 1. The number of alkyl halides is 6. The third-order valence-corrected chi connectivity index (χ3v) is 6.67. The molecule has 3 aliphatic rings. The van der Waals surface area contributed by atoms with Crippen molar-refractivity contribution >= 4 is 11.9 Å². The van der Waals surface area contributed by atoms with Crippen LogP contribution in [0, 0.1) is 5.92 Å². The van der Waals surface area contributed by atoms with Gasteiger partial charge in [0.15, 0.2) is 0 Å². The van der Waals surface area contributed by atoms with E-state index in [0.717, 1.165) is 43.5 Å². The molecule has 3 heterocycles. The van der Waals surface area contributed by atoms with Crippen molar-refractivity contribution in [2.75, 3.05) is 40.0 Å². The maximum Gasteiger partial charge on any atom is 0.490 e. The minimum atomic E-state index is -5.08. The third kappa shape index (κ3) is 9.95. The Bertz CT molecular complexity index is 866. The Hall–Kier alpha value is -2.58. The van der Waals surface area contributed by atoms with Crippen molar-refractivity contribution in [3.63, 3.8) is 0 Å². The minimum Gasteiger partial charge on any atom is -0.497 e. The summed E-state index contributed by atoms with van der Waals surface area (Å²) in [6, 6.07) is 10.1. The van der Waals surface area contributed by atoms with Gasteiger partial charge in [-0.25, -0.2) is 9.59 Å². The Morgan fingerprint density at radius 2 is 1.32 bits per heavy atom. The van der Waals surface area contributed by atoms with Gasteiger partial charge >= 0.3 is 24.3 Å². The molecule has 3 fully saturated rings. The summed E-state index contributed by atoms with van der Waals surface area (Å²) in [6.45, 7) is 6.83. The minimum absolute atomic E-state index is 0.756. The van der Waals surface area contributed by atoms with E-state index in [4.69, 9.17) is 29.3 Å². The number of methoxy groups -OCH3 is 1. The van der Waals surface area contributed by atoms with Gasteiger partial charge in [0.1, 0.15) is 5.75 Å². The fourth-order valence-electron chi connectivity index (χ4n) is 4.81. The zero-order valence-corrected chi connectivity index (χ0v) is 20.8. The summed E-state index contributed by atoms with van der Waals surface area (Å²) in [5.41, 5.74) is 1.40. The molecule has 3 saturated heterocycles. The summed E-state index contributed by atoms with van der Waals surface area (Å²) < 4.78 is 74.3. The molecule has 2 N–H and O–H groups in total. The van der Waals surface area contributed by atoms with Crippen LogP contribution in [0.25, 0.3) is 0 Å². The van der Waals surface area contributed by atoms with Crippen molar-refractivity contribution in [2.45, 2.75) is 56.7 Å². The first-order valence-electron chi connectivity index (χ1n) is 12.0. The predicted molar refractivity (Wildman–Crippen MR) is 123 cm³/mol. The maximum atomic E-state index is 10.6. The molecule has 14 heteroatoms. The number of ether oxygens (including phenoxy) is 2. The highest BCUT2D eigenvalue weighted by molar-refractivity contribution is 5.73. The number of carbonyl (C=O) groups is 2. The quantitative estimate of drug-likeness (QED) is 0.523. The second-order valence-electron chi connectivity index (χ2n) is 9.19. The highest BCUT2D eigenvalue weighted by Gasteiger charge is 2.42. The summed E-state index contributed by atoms with van der Waals surface area (Å²) in [6.07, 6.45) is -4.99. The van der Waals surface area contributed by atoms with Gasteiger partial charge in [-0.05, 0) is 49.3 Å². The van der Waals surface area contributed by atoms with Crippen LogP contribution in [0.4, 0.5) is 26.3 Å². The Morgan fingerprint density at radius 1 is 0.868 bits per heavy atom. The first-order valence-corrected chi connectivity index (χ1v) is 12.0. The first-order chi connectivity index (χ1) is 17.7. The van der Waals surface area contributed by atoms with Crippen LogP contribution in [0.3, 0.4) is 0 Å². The zero-order chi connectivity index (χ0) is 28.5. The van der Waals surface area contributed by atoms with Crippen molar-refractivity contribution in [1.29, 1.82) is 0 Å². The summed E-state index contributed by atoms with van der Waals surface area (Å²) in [5.74, 6) is -3.71. The average molecular weight is 559 g/mol. The number of likely N-dealkylation sites (tertiary alicyclic amines) is 2. The third-order valence-electron chi connectivity index (χ3n) is 6.67. The Morgan fingerprint density at radius 3 is 1.76 bits per heavy atom. The highest BCUT2D eigenvalue weighted by atomic mass is 19.4. The van der Waals surface area contributed by atoms with Crippen molar-refractivity contribution in [3.05, 3.63) is 29.8 Å². The van der Waals surface area contributed by atoms with Gasteiger partial charge in [0.05, 0.1) is 7.11 Å². The van der Waals surface area contributed by atoms with E-state index in [0.29, 0.717) is 0 Å². The molecule has 0 aromatic heterocycles. The number of aliphatic carboxylic acids is 2. The van der Waals surface area contributed by atoms with Crippen molar-refractivity contribution in [1.82, 2.24) is 9.80 Å². The molecule has 0 unspecified atom stereocenters. The standard InChI is InChI=1S/C20H30N2O2.2C2HF3O2/c1-23-18-4-2-16(3-5-18)14-21-10-6-20-19(21)7-11-22(20)15-17-8-12-24-13-9-17;2*3-2(4,5)1(6)7/h2-5,17,19-20H,6-15H2,1H3;2*(H,6,7)/t19-,20+;;/m1../s1. The maximum absolute atomic E-state index is 10.6. The fourth-order valence-corrected chi connectivity index (χ4v) is 4.81. The smallest absolute Gasteiger partial charge is 0.490 e. The number of hydrogen-bond donors (Lipinski definition) is 2. The van der Waals surface area contributed by atoms with Gasteiger partial charge in [0.25, 0.3) is 0 Å². The zero-order valence-electron chi connectivity index (χ0n) is 20.8. The fraction of sp³-hybridized carbons (Fsp3) is 0.667. The van der Waals surface area contributed by atoms with E-state index >= 15 is 0 Å². The molecule has 8 nitrogen and oxygen atoms in total. The number of nitrogens with zero attached hydrogens (tertiary/aromatic N) is 2. The summed E-state index contributed by atoms with van der Waals surface area (Å²) in [7, 11) is 1.73. The van der Waals surface area contributed by atoms with E-state index in [9.17, 15) is 26.3 Å². The average Bonchev–Trinajstić information content (AvgIpc) is 3.43. The van der Waals surface area contributed by atoms with E-state index in [1.54, 1.807) is 7.11 Å². The lowest BCUT2D eigenvalue weighted by Crippen LogP contribution is -2.39. The van der Waals surface area contributed by atoms with E-state index in [2.05, 4.69) is 34.1 Å². The molecule has 2 atom stereocenters. The lowest BCUT2D eigenvalue weighted by molar-refractivity contribution is -0.193. The molecule has 216 valence electrons. The van der Waals surface area contributed by atoms with E-state index in [1.807, 2.05) is 0 Å². The summed E-state index contributed by atoms with van der Waals surface area (Å²) in [5, 5.41) is 14.2. The van der Waals surface area contributed by atoms with Gasteiger partial charge in [-0.1, -0.05) is 12.1 Å². The van der Waals surface area contributed by atoms with E-state index < -0.39 is 24.3 Å². The number of hydrogen-bond acceptors (Lipinski definition) is 6. The van der Waals surface area contributed by atoms with Gasteiger partial charge in [-0.15, -0.1) is 0 Å². The number of rotatable bonds is 5. The molecule has 3 aliphatic heterocycles. The Balaban J connectivity index is 0.000000301. The highest BCUT2D eigenvalue weighted by Crippen LogP contribution is 2.34. The van der Waals surface area contributed by atoms with Gasteiger partial charge in [-0.3, -0.25) is 9.80 Å². The van der Waals surface area contributed by atoms with Gasteiger partial charge < -0.3 is 19.7 Å².